The third-order valence-corrected chi connectivity index (χ3v) is 5.71. The van der Waals surface area contributed by atoms with Crippen LogP contribution in [0.1, 0.15) is 18.1 Å². The first-order chi connectivity index (χ1) is 13.5. The molecule has 6 heteroatoms. The molecule has 5 nitrogen and oxygen atoms in total. The van der Waals surface area contributed by atoms with E-state index in [1.165, 1.54) is 11.0 Å². The fraction of sp³-hybridized carbons (Fsp3) is 0.318. The number of hydrogen-bond acceptors (Lipinski definition) is 4. The summed E-state index contributed by atoms with van der Waals surface area (Å²) in [5.41, 5.74) is 2.84. The smallest absolute Gasteiger partial charge is 0.336 e. The minimum atomic E-state index is -0.400. The van der Waals surface area contributed by atoms with Gasteiger partial charge in [0.1, 0.15) is 12.1 Å². The van der Waals surface area contributed by atoms with Gasteiger partial charge in [-0.15, -0.1) is 5.75 Å². The topological polar surface area (TPSA) is 61.0 Å². The lowest BCUT2D eigenvalue weighted by Crippen LogP contribution is -3.13. The molecule has 1 aromatic heterocycles. The van der Waals surface area contributed by atoms with Crippen molar-refractivity contribution >= 4 is 28.3 Å². The van der Waals surface area contributed by atoms with Gasteiger partial charge in [0, 0.05) is 27.7 Å². The molecule has 1 saturated heterocycles. The van der Waals surface area contributed by atoms with Crippen LogP contribution in [-0.2, 0) is 13.0 Å². The highest BCUT2D eigenvalue weighted by atomic mass is 35.5. The van der Waals surface area contributed by atoms with Gasteiger partial charge < -0.3 is 19.3 Å². The van der Waals surface area contributed by atoms with E-state index in [-0.39, 0.29) is 5.75 Å². The van der Waals surface area contributed by atoms with Gasteiger partial charge in [-0.2, -0.15) is 0 Å². The zero-order chi connectivity index (χ0) is 19.7. The lowest BCUT2D eigenvalue weighted by molar-refractivity contribution is -0.914. The number of piperazine rings is 1. The Morgan fingerprint density at radius 2 is 1.93 bits per heavy atom. The number of aryl methyl sites for hydroxylation is 1. The van der Waals surface area contributed by atoms with E-state index in [0.29, 0.717) is 12.0 Å². The molecule has 2 aromatic carbocycles. The van der Waals surface area contributed by atoms with Crippen LogP contribution in [-0.4, -0.2) is 26.2 Å². The number of nitrogens with one attached hydrogen (secondary N) is 1. The highest BCUT2D eigenvalue weighted by Gasteiger charge is 2.22. The minimum absolute atomic E-state index is 0.0715. The van der Waals surface area contributed by atoms with Crippen molar-refractivity contribution < 1.29 is 14.4 Å². The van der Waals surface area contributed by atoms with Crippen molar-refractivity contribution in [3.63, 3.8) is 0 Å². The average Bonchev–Trinajstić information content (AvgIpc) is 2.68. The maximum absolute atomic E-state index is 12.1. The van der Waals surface area contributed by atoms with E-state index in [4.69, 9.17) is 16.0 Å². The van der Waals surface area contributed by atoms with Gasteiger partial charge in [-0.1, -0.05) is 30.2 Å². The lowest BCUT2D eigenvalue weighted by atomic mass is 10.0. The van der Waals surface area contributed by atoms with Crippen molar-refractivity contribution in [1.82, 2.24) is 0 Å². The molecule has 28 heavy (non-hydrogen) atoms. The van der Waals surface area contributed by atoms with Gasteiger partial charge in [0.15, 0.2) is 0 Å². The quantitative estimate of drug-likeness (QED) is 0.683. The van der Waals surface area contributed by atoms with Gasteiger partial charge in [0.25, 0.3) is 0 Å². The van der Waals surface area contributed by atoms with E-state index in [9.17, 15) is 9.90 Å². The summed E-state index contributed by atoms with van der Waals surface area (Å²) in [6, 6.07) is 12.8. The Hall–Kier alpha value is -2.50. The summed E-state index contributed by atoms with van der Waals surface area (Å²) in [5, 5.41) is 13.7. The van der Waals surface area contributed by atoms with Crippen LogP contribution in [0.4, 0.5) is 5.69 Å². The second kappa shape index (κ2) is 7.86. The number of rotatable bonds is 4. The fourth-order valence-electron chi connectivity index (χ4n) is 3.92. The number of nitrogens with zero attached hydrogens (tertiary/aromatic N) is 1. The van der Waals surface area contributed by atoms with Crippen LogP contribution in [0.3, 0.4) is 0 Å². The normalized spacial score (nSPS) is 15.3. The lowest BCUT2D eigenvalue weighted by Gasteiger charge is -2.34. The molecule has 0 amide bonds. The van der Waals surface area contributed by atoms with Crippen LogP contribution in [0.25, 0.3) is 11.0 Å². The molecule has 4 rings (SSSR count). The molecule has 0 aliphatic carbocycles. The van der Waals surface area contributed by atoms with E-state index in [0.717, 1.165) is 59.9 Å². The Morgan fingerprint density at radius 3 is 2.64 bits per heavy atom. The van der Waals surface area contributed by atoms with Gasteiger partial charge in [-0.05, 0) is 36.8 Å². The Balaban J connectivity index is 1.53. The molecule has 1 fully saturated rings. The van der Waals surface area contributed by atoms with Gasteiger partial charge >= 0.3 is 5.63 Å². The van der Waals surface area contributed by atoms with Crippen molar-refractivity contribution in [2.24, 2.45) is 0 Å². The van der Waals surface area contributed by atoms with Crippen molar-refractivity contribution in [2.45, 2.75) is 19.9 Å². The van der Waals surface area contributed by atoms with Crippen molar-refractivity contribution in [2.75, 3.05) is 31.1 Å². The highest BCUT2D eigenvalue weighted by molar-refractivity contribution is 6.30. The molecular formula is C22H23ClN2O3. The Kier molecular flexibility index (Phi) is 5.29. The molecule has 3 aromatic rings. The third kappa shape index (κ3) is 3.86. The van der Waals surface area contributed by atoms with E-state index < -0.39 is 5.63 Å². The zero-order valence-electron chi connectivity index (χ0n) is 15.8. The first-order valence-corrected chi connectivity index (χ1v) is 10.0. The standard InChI is InChI=1S/C22H23ClN2O3/c1-2-15-10-19-16(11-22(27)28-21(19)13-20(15)26)14-24-6-8-25(9-7-24)18-5-3-4-17(23)12-18/h3-5,10-13,26H,2,6-9,14H2,1H3. The van der Waals surface area contributed by atoms with E-state index in [2.05, 4.69) is 11.0 Å². The maximum Gasteiger partial charge on any atom is 0.336 e. The molecular weight excluding hydrogens is 376 g/mol. The SMILES string of the molecule is CCc1cc2c(C[NH+]3CCN(c4cccc(Cl)c4)CC3)cc(=O)oc2cc1[O-]. The predicted octanol–water partition coefficient (Wildman–Crippen LogP) is 1.99. The minimum Gasteiger partial charge on any atom is -0.872 e. The summed E-state index contributed by atoms with van der Waals surface area (Å²) in [4.78, 5) is 15.7. The van der Waals surface area contributed by atoms with Crippen molar-refractivity contribution in [3.8, 4) is 5.75 Å². The summed E-state index contributed by atoms with van der Waals surface area (Å²) in [6.07, 6.45) is 0.665. The monoisotopic (exact) mass is 398 g/mol. The first kappa shape index (κ1) is 18.8. The van der Waals surface area contributed by atoms with E-state index in [1.54, 1.807) is 6.07 Å². The third-order valence-electron chi connectivity index (χ3n) is 5.48. The van der Waals surface area contributed by atoms with Crippen LogP contribution in [0.2, 0.25) is 5.02 Å². The summed E-state index contributed by atoms with van der Waals surface area (Å²) < 4.78 is 5.27. The molecule has 1 aliphatic heterocycles. The van der Waals surface area contributed by atoms with Crippen LogP contribution in [0.5, 0.6) is 5.75 Å². The number of hydrogen-bond donors (Lipinski definition) is 1. The summed E-state index contributed by atoms with van der Waals surface area (Å²) in [7, 11) is 0. The Bertz CT molecular complexity index is 1060. The van der Waals surface area contributed by atoms with Crippen molar-refractivity contribution in [1.29, 1.82) is 0 Å². The van der Waals surface area contributed by atoms with Gasteiger partial charge in [-0.3, -0.25) is 0 Å². The zero-order valence-corrected chi connectivity index (χ0v) is 16.6. The number of halogens is 1. The largest absolute Gasteiger partial charge is 0.872 e. The molecule has 1 aliphatic rings. The number of fused-ring (bicyclic) bond motifs is 1. The van der Waals surface area contributed by atoms with Gasteiger partial charge in [0.05, 0.1) is 26.2 Å². The molecule has 0 radical (unpaired) electrons. The van der Waals surface area contributed by atoms with E-state index >= 15 is 0 Å². The molecule has 0 bridgehead atoms. The van der Waals surface area contributed by atoms with Crippen LogP contribution < -0.4 is 20.5 Å². The molecule has 146 valence electrons. The van der Waals surface area contributed by atoms with Gasteiger partial charge in [-0.25, -0.2) is 4.79 Å². The van der Waals surface area contributed by atoms with Crippen LogP contribution in [0, 0.1) is 0 Å². The molecule has 2 heterocycles. The summed E-state index contributed by atoms with van der Waals surface area (Å²) in [5.74, 6) is -0.0715. The van der Waals surface area contributed by atoms with Crippen LogP contribution >= 0.6 is 11.6 Å². The first-order valence-electron chi connectivity index (χ1n) is 9.64. The second-order valence-electron chi connectivity index (χ2n) is 7.29. The average molecular weight is 399 g/mol. The number of benzene rings is 2. The summed E-state index contributed by atoms with van der Waals surface area (Å²) in [6.45, 7) is 6.50. The fourth-order valence-corrected chi connectivity index (χ4v) is 4.11. The number of quaternary nitrogens is 1. The summed E-state index contributed by atoms with van der Waals surface area (Å²) >= 11 is 6.11. The molecule has 0 spiro atoms. The molecule has 0 atom stereocenters. The Morgan fingerprint density at radius 1 is 1.14 bits per heavy atom. The van der Waals surface area contributed by atoms with Crippen molar-refractivity contribution in [3.05, 3.63) is 69.0 Å². The van der Waals surface area contributed by atoms with E-state index in [1.807, 2.05) is 31.2 Å². The number of anilines is 1. The maximum atomic E-state index is 12.1. The molecule has 0 saturated carbocycles. The van der Waals surface area contributed by atoms with Gasteiger partial charge in [0.2, 0.25) is 0 Å². The predicted molar refractivity (Wildman–Crippen MR) is 109 cm³/mol. The Labute approximate surface area is 168 Å². The second-order valence-corrected chi connectivity index (χ2v) is 7.73. The molecule has 0 unspecified atom stereocenters. The molecule has 1 N–H and O–H groups in total. The highest BCUT2D eigenvalue weighted by Crippen LogP contribution is 2.25. The van der Waals surface area contributed by atoms with Crippen LogP contribution in [0.15, 0.2) is 51.7 Å².